The van der Waals surface area contributed by atoms with E-state index in [2.05, 4.69) is 40.8 Å². The predicted octanol–water partition coefficient (Wildman–Crippen LogP) is 3.65. The van der Waals surface area contributed by atoms with Gasteiger partial charge >= 0.3 is 0 Å². The fourth-order valence-electron chi connectivity index (χ4n) is 2.51. The number of aromatic nitrogens is 3. The number of nitrogens with one attached hydrogen (secondary N) is 1. The number of hydrogen-bond acceptors (Lipinski definition) is 5. The third-order valence-corrected chi connectivity index (χ3v) is 6.09. The second-order valence-corrected chi connectivity index (χ2v) is 7.85. The zero-order chi connectivity index (χ0) is 16.8. The van der Waals surface area contributed by atoms with E-state index >= 15 is 0 Å². The van der Waals surface area contributed by atoms with E-state index in [1.165, 1.54) is 16.6 Å². The Kier molecular flexibility index (Phi) is 6.65. The molecule has 2 rings (SSSR count). The highest BCUT2D eigenvalue weighted by atomic mass is 32.2. The number of hydrogen-bond donors (Lipinski definition) is 1. The Morgan fingerprint density at radius 1 is 1.43 bits per heavy atom. The molecule has 2 atom stereocenters. The van der Waals surface area contributed by atoms with Crippen LogP contribution in [0.1, 0.15) is 44.5 Å². The molecule has 0 bridgehead atoms. The van der Waals surface area contributed by atoms with Crippen LogP contribution in [0.4, 0.5) is 0 Å². The van der Waals surface area contributed by atoms with Gasteiger partial charge in [0.1, 0.15) is 6.33 Å². The molecule has 0 aliphatic rings. The first-order valence-corrected chi connectivity index (χ1v) is 9.67. The summed E-state index contributed by atoms with van der Waals surface area (Å²) in [5.41, 5.74) is 0. The van der Waals surface area contributed by atoms with Gasteiger partial charge in [-0.25, -0.2) is 0 Å². The van der Waals surface area contributed by atoms with E-state index in [1.54, 1.807) is 17.7 Å². The Balaban J connectivity index is 2.06. The molecule has 5 nitrogen and oxygen atoms in total. The Labute approximate surface area is 145 Å². The van der Waals surface area contributed by atoms with E-state index in [-0.39, 0.29) is 17.2 Å². The molecule has 0 saturated heterocycles. The van der Waals surface area contributed by atoms with E-state index in [1.807, 2.05) is 24.6 Å². The van der Waals surface area contributed by atoms with Crippen LogP contribution < -0.4 is 5.32 Å². The van der Waals surface area contributed by atoms with Crippen LogP contribution in [0.5, 0.6) is 0 Å². The van der Waals surface area contributed by atoms with Crippen LogP contribution in [0.25, 0.3) is 0 Å². The first-order valence-electron chi connectivity index (χ1n) is 7.91. The second kappa shape index (κ2) is 8.49. The maximum atomic E-state index is 12.6. The highest BCUT2D eigenvalue weighted by Gasteiger charge is 2.26. The molecular weight excluding hydrogens is 328 g/mol. The Bertz CT molecular complexity index is 607. The fourth-order valence-corrected chi connectivity index (χ4v) is 4.18. The van der Waals surface area contributed by atoms with Gasteiger partial charge in [-0.1, -0.05) is 44.5 Å². The number of thiophene rings is 1. The quantitative estimate of drug-likeness (QED) is 0.737. The molecule has 0 unspecified atom stereocenters. The molecule has 0 spiro atoms. The average Bonchev–Trinajstić information content (AvgIpc) is 3.19. The topological polar surface area (TPSA) is 59.8 Å². The normalized spacial score (nSPS) is 14.0. The van der Waals surface area contributed by atoms with Gasteiger partial charge in [0.05, 0.1) is 11.3 Å². The van der Waals surface area contributed by atoms with Gasteiger partial charge < -0.3 is 9.88 Å². The van der Waals surface area contributed by atoms with Crippen molar-refractivity contribution < 1.29 is 4.79 Å². The summed E-state index contributed by atoms with van der Waals surface area (Å²) < 4.78 is 1.83. The molecular formula is C16H24N4OS2. The number of nitrogens with zero attached hydrogens (tertiary/aromatic N) is 3. The van der Waals surface area contributed by atoms with Crippen molar-refractivity contribution in [3.8, 4) is 0 Å². The lowest BCUT2D eigenvalue weighted by Crippen LogP contribution is -2.37. The third-order valence-electron chi connectivity index (χ3n) is 3.99. The van der Waals surface area contributed by atoms with E-state index in [9.17, 15) is 4.79 Å². The number of rotatable bonds is 8. The predicted molar refractivity (Wildman–Crippen MR) is 95.6 cm³/mol. The standard InChI is InChI=1S/C16H24N4OS2/c1-5-12(6-2)14(13-8-7-9-22-13)18-15(21)11(3)23-16-19-17-10-20(16)4/h7-12,14H,5-6H2,1-4H3,(H,18,21)/t11-,14-/m0/s1. The minimum absolute atomic E-state index is 0.0447. The van der Waals surface area contributed by atoms with Crippen LogP contribution >= 0.6 is 23.1 Å². The molecule has 7 heteroatoms. The largest absolute Gasteiger partial charge is 0.347 e. The molecule has 0 saturated carbocycles. The lowest BCUT2D eigenvalue weighted by Gasteiger charge is -2.26. The summed E-state index contributed by atoms with van der Waals surface area (Å²) in [7, 11) is 1.88. The van der Waals surface area contributed by atoms with Gasteiger partial charge in [0.2, 0.25) is 5.91 Å². The van der Waals surface area contributed by atoms with Gasteiger partial charge in [-0.15, -0.1) is 21.5 Å². The van der Waals surface area contributed by atoms with Crippen molar-refractivity contribution in [2.24, 2.45) is 13.0 Å². The lowest BCUT2D eigenvalue weighted by molar-refractivity contribution is -0.121. The summed E-state index contributed by atoms with van der Waals surface area (Å²) in [6.45, 7) is 6.27. The molecule has 2 aromatic heterocycles. The molecule has 0 fully saturated rings. The molecule has 0 aliphatic heterocycles. The summed E-state index contributed by atoms with van der Waals surface area (Å²) >= 11 is 3.14. The Hall–Kier alpha value is -1.34. The summed E-state index contributed by atoms with van der Waals surface area (Å²) in [6.07, 6.45) is 3.74. The second-order valence-electron chi connectivity index (χ2n) is 5.56. The summed E-state index contributed by atoms with van der Waals surface area (Å²) in [5, 5.41) is 13.7. The number of carbonyl (C=O) groups is 1. The monoisotopic (exact) mass is 352 g/mol. The van der Waals surface area contributed by atoms with Crippen molar-refractivity contribution in [1.82, 2.24) is 20.1 Å². The zero-order valence-corrected chi connectivity index (χ0v) is 15.7. The number of carbonyl (C=O) groups excluding carboxylic acids is 1. The van der Waals surface area contributed by atoms with Crippen molar-refractivity contribution in [3.63, 3.8) is 0 Å². The van der Waals surface area contributed by atoms with Crippen LogP contribution in [-0.4, -0.2) is 25.9 Å². The van der Waals surface area contributed by atoms with E-state index in [4.69, 9.17) is 0 Å². The van der Waals surface area contributed by atoms with Crippen molar-refractivity contribution in [2.75, 3.05) is 0 Å². The van der Waals surface area contributed by atoms with Gasteiger partial charge in [-0.2, -0.15) is 0 Å². The lowest BCUT2D eigenvalue weighted by atomic mass is 9.93. The smallest absolute Gasteiger partial charge is 0.233 e. The Morgan fingerprint density at radius 3 is 2.70 bits per heavy atom. The fraction of sp³-hybridized carbons (Fsp3) is 0.562. The highest BCUT2D eigenvalue weighted by molar-refractivity contribution is 8.00. The third kappa shape index (κ3) is 4.57. The molecule has 23 heavy (non-hydrogen) atoms. The minimum atomic E-state index is -0.213. The first kappa shape index (κ1) is 18.0. The molecule has 1 N–H and O–H groups in total. The highest BCUT2D eigenvalue weighted by Crippen LogP contribution is 2.31. The van der Waals surface area contributed by atoms with Crippen molar-refractivity contribution >= 4 is 29.0 Å². The average molecular weight is 353 g/mol. The van der Waals surface area contributed by atoms with Gasteiger partial charge in [0, 0.05) is 11.9 Å². The SMILES string of the molecule is CCC(CC)[C@H](NC(=O)[C@H](C)Sc1nncn1C)c1cccs1. The van der Waals surface area contributed by atoms with Gasteiger partial charge in [-0.05, 0) is 24.3 Å². The van der Waals surface area contributed by atoms with E-state index < -0.39 is 0 Å². The van der Waals surface area contributed by atoms with E-state index in [0.29, 0.717) is 5.92 Å². The van der Waals surface area contributed by atoms with Crippen LogP contribution in [0.15, 0.2) is 29.0 Å². The summed E-state index contributed by atoms with van der Waals surface area (Å²) in [4.78, 5) is 13.9. The summed E-state index contributed by atoms with van der Waals surface area (Å²) in [5.74, 6) is 0.493. The molecule has 0 radical (unpaired) electrons. The molecule has 1 amide bonds. The summed E-state index contributed by atoms with van der Waals surface area (Å²) in [6, 6.07) is 4.23. The van der Waals surface area contributed by atoms with Crippen molar-refractivity contribution in [1.29, 1.82) is 0 Å². The maximum Gasteiger partial charge on any atom is 0.233 e. The minimum Gasteiger partial charge on any atom is -0.347 e. The number of amides is 1. The first-order chi connectivity index (χ1) is 11.1. The van der Waals surface area contributed by atoms with Gasteiger partial charge in [-0.3, -0.25) is 4.79 Å². The molecule has 0 aliphatic carbocycles. The van der Waals surface area contributed by atoms with Gasteiger partial charge in [0.15, 0.2) is 5.16 Å². The van der Waals surface area contributed by atoms with E-state index in [0.717, 1.165) is 18.0 Å². The van der Waals surface area contributed by atoms with Crippen LogP contribution in [0, 0.1) is 5.92 Å². The zero-order valence-electron chi connectivity index (χ0n) is 14.0. The van der Waals surface area contributed by atoms with Crippen molar-refractivity contribution in [3.05, 3.63) is 28.7 Å². The number of thioether (sulfide) groups is 1. The van der Waals surface area contributed by atoms with Crippen LogP contribution in [0.2, 0.25) is 0 Å². The molecule has 126 valence electrons. The molecule has 2 heterocycles. The molecule has 0 aromatic carbocycles. The molecule has 2 aromatic rings. The Morgan fingerprint density at radius 2 is 2.17 bits per heavy atom. The maximum absolute atomic E-state index is 12.6. The number of aryl methyl sites for hydroxylation is 1. The van der Waals surface area contributed by atoms with Gasteiger partial charge in [0.25, 0.3) is 0 Å². The van der Waals surface area contributed by atoms with Crippen LogP contribution in [-0.2, 0) is 11.8 Å². The van der Waals surface area contributed by atoms with Crippen molar-refractivity contribution in [2.45, 2.75) is 50.1 Å². The van der Waals surface area contributed by atoms with Crippen LogP contribution in [0.3, 0.4) is 0 Å².